The number of nitrogens with one attached hydrogen (secondary N) is 1. The zero-order valence-corrected chi connectivity index (χ0v) is 11.9. The summed E-state index contributed by atoms with van der Waals surface area (Å²) in [5.74, 6) is -2.24. The summed E-state index contributed by atoms with van der Waals surface area (Å²) in [4.78, 5) is 23.4. The summed E-state index contributed by atoms with van der Waals surface area (Å²) < 4.78 is 0. The van der Waals surface area contributed by atoms with Crippen LogP contribution in [-0.4, -0.2) is 34.7 Å². The minimum atomic E-state index is -0.906. The molecule has 1 aliphatic carbocycles. The van der Waals surface area contributed by atoms with E-state index in [0.717, 1.165) is 12.0 Å². The van der Waals surface area contributed by atoms with Crippen LogP contribution in [0.3, 0.4) is 0 Å². The van der Waals surface area contributed by atoms with E-state index < -0.39 is 17.8 Å². The van der Waals surface area contributed by atoms with Gasteiger partial charge in [0.1, 0.15) is 0 Å². The van der Waals surface area contributed by atoms with Gasteiger partial charge < -0.3 is 15.5 Å². The van der Waals surface area contributed by atoms with E-state index in [2.05, 4.69) is 5.32 Å². The van der Waals surface area contributed by atoms with Gasteiger partial charge in [-0.3, -0.25) is 9.59 Å². The highest BCUT2D eigenvalue weighted by atomic mass is 16.4. The van der Waals surface area contributed by atoms with Gasteiger partial charge in [-0.25, -0.2) is 0 Å². The van der Waals surface area contributed by atoms with Gasteiger partial charge >= 0.3 is 5.97 Å². The highest BCUT2D eigenvalue weighted by molar-refractivity contribution is 5.85. The normalized spacial score (nSPS) is 22.7. The standard InChI is InChI=1S/C16H21NO4/c18-10-12(9-11-5-2-1-3-6-11)17-15(19)13-7-4-8-14(13)16(20)21/h1-3,5-6,12-14,18H,4,7-10H2,(H,17,19)(H,20,21)/t12-,13-,14+/m1/s1. The number of rotatable bonds is 6. The molecule has 1 aromatic carbocycles. The first-order chi connectivity index (χ1) is 10.1. The van der Waals surface area contributed by atoms with Crippen LogP contribution in [0.2, 0.25) is 0 Å². The van der Waals surface area contributed by atoms with Crippen LogP contribution in [0.5, 0.6) is 0 Å². The van der Waals surface area contributed by atoms with Gasteiger partial charge in [0.05, 0.1) is 24.5 Å². The molecular weight excluding hydrogens is 270 g/mol. The number of aliphatic carboxylic acids is 1. The second-order valence-electron chi connectivity index (χ2n) is 5.56. The average Bonchev–Trinajstić information content (AvgIpc) is 2.97. The van der Waals surface area contributed by atoms with E-state index >= 15 is 0 Å². The van der Waals surface area contributed by atoms with Gasteiger partial charge in [-0.2, -0.15) is 0 Å². The number of hydrogen-bond acceptors (Lipinski definition) is 3. The van der Waals surface area contributed by atoms with E-state index in [-0.39, 0.29) is 18.6 Å². The molecule has 0 saturated heterocycles. The number of aliphatic hydroxyl groups excluding tert-OH is 1. The van der Waals surface area contributed by atoms with E-state index in [1.54, 1.807) is 0 Å². The van der Waals surface area contributed by atoms with Crippen molar-refractivity contribution in [3.05, 3.63) is 35.9 Å². The second-order valence-corrected chi connectivity index (χ2v) is 5.56. The molecule has 1 amide bonds. The predicted octanol–water partition coefficient (Wildman–Crippen LogP) is 1.21. The summed E-state index contributed by atoms with van der Waals surface area (Å²) in [5.41, 5.74) is 1.03. The fourth-order valence-electron chi connectivity index (χ4n) is 2.94. The van der Waals surface area contributed by atoms with Crippen LogP contribution in [0.1, 0.15) is 24.8 Å². The molecule has 1 fully saturated rings. The lowest BCUT2D eigenvalue weighted by Crippen LogP contribution is -2.44. The molecule has 0 radical (unpaired) electrons. The Balaban J connectivity index is 1.95. The molecule has 1 aromatic rings. The van der Waals surface area contributed by atoms with Gasteiger partial charge in [0.2, 0.25) is 5.91 Å². The number of aliphatic hydroxyl groups is 1. The zero-order valence-electron chi connectivity index (χ0n) is 11.9. The number of hydrogen-bond donors (Lipinski definition) is 3. The highest BCUT2D eigenvalue weighted by Crippen LogP contribution is 2.32. The summed E-state index contributed by atoms with van der Waals surface area (Å²) >= 11 is 0. The molecule has 2 rings (SSSR count). The highest BCUT2D eigenvalue weighted by Gasteiger charge is 2.38. The van der Waals surface area contributed by atoms with Gasteiger partial charge in [-0.05, 0) is 24.8 Å². The number of carbonyl (C=O) groups excluding carboxylic acids is 1. The Morgan fingerprint density at radius 1 is 1.19 bits per heavy atom. The monoisotopic (exact) mass is 291 g/mol. The number of carboxylic acids is 1. The Morgan fingerprint density at radius 2 is 1.86 bits per heavy atom. The number of amides is 1. The first-order valence-electron chi connectivity index (χ1n) is 7.29. The largest absolute Gasteiger partial charge is 0.481 e. The zero-order chi connectivity index (χ0) is 15.2. The molecule has 5 heteroatoms. The smallest absolute Gasteiger partial charge is 0.307 e. The fraction of sp³-hybridized carbons (Fsp3) is 0.500. The van der Waals surface area contributed by atoms with E-state index in [9.17, 15) is 14.7 Å². The van der Waals surface area contributed by atoms with E-state index in [4.69, 9.17) is 5.11 Å². The van der Waals surface area contributed by atoms with E-state index in [0.29, 0.717) is 19.3 Å². The maximum absolute atomic E-state index is 12.2. The molecule has 1 aliphatic rings. The Labute approximate surface area is 124 Å². The predicted molar refractivity (Wildman–Crippen MR) is 77.6 cm³/mol. The third-order valence-electron chi connectivity index (χ3n) is 4.06. The summed E-state index contributed by atoms with van der Waals surface area (Å²) in [7, 11) is 0. The quantitative estimate of drug-likeness (QED) is 0.735. The van der Waals surface area contributed by atoms with Crippen LogP contribution in [-0.2, 0) is 16.0 Å². The van der Waals surface area contributed by atoms with Crippen LogP contribution >= 0.6 is 0 Å². The molecule has 0 spiro atoms. The minimum absolute atomic E-state index is 0.162. The number of carbonyl (C=O) groups is 2. The molecule has 3 atom stereocenters. The van der Waals surface area contributed by atoms with Crippen molar-refractivity contribution in [2.24, 2.45) is 11.8 Å². The fourth-order valence-corrected chi connectivity index (χ4v) is 2.94. The molecular formula is C16H21NO4. The molecule has 114 valence electrons. The summed E-state index contributed by atoms with van der Waals surface area (Å²) in [6.07, 6.45) is 2.45. The Kier molecular flexibility index (Phi) is 5.33. The van der Waals surface area contributed by atoms with E-state index in [1.165, 1.54) is 0 Å². The van der Waals surface area contributed by atoms with Crippen molar-refractivity contribution in [1.29, 1.82) is 0 Å². The average molecular weight is 291 g/mol. The first-order valence-corrected chi connectivity index (χ1v) is 7.29. The third kappa shape index (κ3) is 4.04. The summed E-state index contributed by atoms with van der Waals surface area (Å²) in [6.45, 7) is -0.162. The molecule has 0 bridgehead atoms. The Morgan fingerprint density at radius 3 is 2.48 bits per heavy atom. The van der Waals surface area contributed by atoms with Crippen molar-refractivity contribution < 1.29 is 19.8 Å². The Hall–Kier alpha value is -1.88. The molecule has 1 saturated carbocycles. The molecule has 0 unspecified atom stereocenters. The van der Waals surface area contributed by atoms with Gasteiger partial charge in [0.25, 0.3) is 0 Å². The summed E-state index contributed by atoms with van der Waals surface area (Å²) in [5, 5.41) is 21.3. The van der Waals surface area contributed by atoms with Crippen molar-refractivity contribution in [3.8, 4) is 0 Å². The lowest BCUT2D eigenvalue weighted by Gasteiger charge is -2.21. The van der Waals surface area contributed by atoms with Crippen LogP contribution in [0.4, 0.5) is 0 Å². The van der Waals surface area contributed by atoms with Gasteiger partial charge in [0, 0.05) is 0 Å². The Bertz CT molecular complexity index is 488. The van der Waals surface area contributed by atoms with Gasteiger partial charge in [-0.1, -0.05) is 36.8 Å². The van der Waals surface area contributed by atoms with Crippen molar-refractivity contribution in [3.63, 3.8) is 0 Å². The maximum atomic E-state index is 12.2. The molecule has 3 N–H and O–H groups in total. The topological polar surface area (TPSA) is 86.6 Å². The second kappa shape index (κ2) is 7.22. The molecule has 0 aliphatic heterocycles. The SMILES string of the molecule is O=C(O)[C@H]1CCC[C@H]1C(=O)N[C@@H](CO)Cc1ccccc1. The van der Waals surface area contributed by atoms with Gasteiger partial charge in [-0.15, -0.1) is 0 Å². The van der Waals surface area contributed by atoms with E-state index in [1.807, 2.05) is 30.3 Å². The van der Waals surface area contributed by atoms with Crippen LogP contribution < -0.4 is 5.32 Å². The molecule has 0 heterocycles. The summed E-state index contributed by atoms with van der Waals surface area (Å²) in [6, 6.07) is 9.21. The lowest BCUT2D eigenvalue weighted by atomic mass is 9.94. The van der Waals surface area contributed by atoms with Crippen molar-refractivity contribution >= 4 is 11.9 Å². The van der Waals surface area contributed by atoms with Crippen molar-refractivity contribution in [2.75, 3.05) is 6.61 Å². The third-order valence-corrected chi connectivity index (χ3v) is 4.06. The van der Waals surface area contributed by atoms with Crippen molar-refractivity contribution in [1.82, 2.24) is 5.32 Å². The number of carboxylic acid groups (broad SMARTS) is 1. The molecule has 21 heavy (non-hydrogen) atoms. The first kappa shape index (κ1) is 15.5. The van der Waals surface area contributed by atoms with Gasteiger partial charge in [0.15, 0.2) is 0 Å². The van der Waals surface area contributed by atoms with Crippen LogP contribution in [0.15, 0.2) is 30.3 Å². The maximum Gasteiger partial charge on any atom is 0.307 e. The molecule has 0 aromatic heterocycles. The molecule has 5 nitrogen and oxygen atoms in total. The van der Waals surface area contributed by atoms with Crippen molar-refractivity contribution in [2.45, 2.75) is 31.7 Å². The lowest BCUT2D eigenvalue weighted by molar-refractivity contribution is -0.146. The minimum Gasteiger partial charge on any atom is -0.481 e. The van der Waals surface area contributed by atoms with Crippen LogP contribution in [0, 0.1) is 11.8 Å². The number of benzene rings is 1. The van der Waals surface area contributed by atoms with Crippen LogP contribution in [0.25, 0.3) is 0 Å².